The Morgan fingerprint density at radius 2 is 1.92 bits per heavy atom. The molecule has 0 aliphatic heterocycles. The number of esters is 1. The molecule has 2 N–H and O–H groups in total. The number of thioether (sulfide) groups is 1. The van der Waals surface area contributed by atoms with Gasteiger partial charge in [0, 0.05) is 15.8 Å². The minimum absolute atomic E-state index is 0.348. The first-order valence-corrected chi connectivity index (χ1v) is 9.13. The molecule has 0 saturated heterocycles. The number of nitrogens with two attached hydrogens (primary N) is 1. The maximum Gasteiger partial charge on any atom is 0.337 e. The van der Waals surface area contributed by atoms with Crippen LogP contribution in [0, 0.1) is 0 Å². The fraction of sp³-hybridized carbons (Fsp3) is 0.118. The molecule has 2 aromatic carbocycles. The lowest BCUT2D eigenvalue weighted by atomic mass is 10.1. The van der Waals surface area contributed by atoms with Crippen molar-refractivity contribution in [1.29, 1.82) is 0 Å². The Labute approximate surface area is 157 Å². The molecule has 8 heteroatoms. The van der Waals surface area contributed by atoms with Crippen LogP contribution in [0.3, 0.4) is 0 Å². The van der Waals surface area contributed by atoms with Gasteiger partial charge in [-0.2, -0.15) is 0 Å². The third-order valence-electron chi connectivity index (χ3n) is 3.52. The van der Waals surface area contributed by atoms with E-state index in [-0.39, 0.29) is 5.97 Å². The van der Waals surface area contributed by atoms with Gasteiger partial charge in [-0.15, -0.1) is 10.2 Å². The van der Waals surface area contributed by atoms with E-state index < -0.39 is 0 Å². The van der Waals surface area contributed by atoms with Crippen LogP contribution >= 0.6 is 27.7 Å². The lowest BCUT2D eigenvalue weighted by Crippen LogP contribution is -2.11. The Kier molecular flexibility index (Phi) is 5.40. The number of hydrogen-bond acceptors (Lipinski definition) is 6. The second-order valence-corrected chi connectivity index (χ2v) is 6.93. The van der Waals surface area contributed by atoms with Crippen molar-refractivity contribution in [2.45, 2.75) is 10.9 Å². The van der Waals surface area contributed by atoms with E-state index in [9.17, 15) is 4.79 Å². The molecule has 1 aromatic heterocycles. The Morgan fingerprint density at radius 3 is 2.60 bits per heavy atom. The van der Waals surface area contributed by atoms with Gasteiger partial charge in [-0.3, -0.25) is 0 Å². The zero-order valence-corrected chi connectivity index (χ0v) is 15.8. The molecule has 0 unspecified atom stereocenters. The number of rotatable bonds is 5. The van der Waals surface area contributed by atoms with Gasteiger partial charge >= 0.3 is 5.97 Å². The van der Waals surface area contributed by atoms with Crippen LogP contribution in [0.25, 0.3) is 11.4 Å². The number of methoxy groups -OCH3 is 1. The fourth-order valence-electron chi connectivity index (χ4n) is 2.20. The van der Waals surface area contributed by atoms with E-state index in [2.05, 4.69) is 30.9 Å². The second kappa shape index (κ2) is 7.71. The van der Waals surface area contributed by atoms with Crippen LogP contribution in [0.4, 0.5) is 0 Å². The number of aromatic nitrogens is 3. The van der Waals surface area contributed by atoms with Gasteiger partial charge in [0.15, 0.2) is 5.82 Å². The number of carbonyl (C=O) groups excluding carboxylic acids is 1. The third kappa shape index (κ3) is 3.85. The zero-order chi connectivity index (χ0) is 17.8. The molecule has 0 radical (unpaired) electrons. The molecule has 0 bridgehead atoms. The molecule has 3 rings (SSSR count). The molecule has 0 atom stereocenters. The summed E-state index contributed by atoms with van der Waals surface area (Å²) in [7, 11) is 1.36. The average Bonchev–Trinajstić information content (AvgIpc) is 3.00. The lowest BCUT2D eigenvalue weighted by Gasteiger charge is -2.06. The van der Waals surface area contributed by atoms with Crippen LogP contribution in [0.1, 0.15) is 15.9 Å². The molecular formula is C17H15BrN4O2S. The van der Waals surface area contributed by atoms with Crippen molar-refractivity contribution in [1.82, 2.24) is 14.9 Å². The van der Waals surface area contributed by atoms with Crippen LogP contribution < -0.4 is 5.84 Å². The summed E-state index contributed by atoms with van der Waals surface area (Å²) in [5.41, 5.74) is 2.45. The fourth-order valence-corrected chi connectivity index (χ4v) is 3.48. The van der Waals surface area contributed by atoms with Crippen molar-refractivity contribution in [2.24, 2.45) is 0 Å². The van der Waals surface area contributed by atoms with Crippen molar-refractivity contribution in [3.8, 4) is 11.4 Å². The standard InChI is InChI=1S/C17H15BrN4O2S/c1-24-16(23)12-8-6-11(7-9-12)10-25-17-21-20-15(22(17)19)13-4-2-3-5-14(13)18/h2-9H,10,19H2,1H3. The number of halogens is 1. The van der Waals surface area contributed by atoms with Crippen molar-refractivity contribution in [3.63, 3.8) is 0 Å². The Hall–Kier alpha value is -2.32. The highest BCUT2D eigenvalue weighted by Crippen LogP contribution is 2.28. The van der Waals surface area contributed by atoms with Crippen molar-refractivity contribution in [3.05, 3.63) is 64.1 Å². The summed E-state index contributed by atoms with van der Waals surface area (Å²) in [6.45, 7) is 0. The number of hydrogen-bond donors (Lipinski definition) is 1. The van der Waals surface area contributed by atoms with E-state index in [0.717, 1.165) is 15.6 Å². The largest absolute Gasteiger partial charge is 0.465 e. The summed E-state index contributed by atoms with van der Waals surface area (Å²) < 4.78 is 7.08. The van der Waals surface area contributed by atoms with Crippen molar-refractivity contribution >= 4 is 33.7 Å². The topological polar surface area (TPSA) is 83.0 Å². The van der Waals surface area contributed by atoms with Crippen LogP contribution in [-0.2, 0) is 10.5 Å². The summed E-state index contributed by atoms with van der Waals surface area (Å²) in [6, 6.07) is 14.9. The van der Waals surface area contributed by atoms with Crippen LogP contribution in [0.2, 0.25) is 0 Å². The molecule has 6 nitrogen and oxygen atoms in total. The number of nitrogens with zero attached hydrogens (tertiary/aromatic N) is 3. The van der Waals surface area contributed by atoms with Gasteiger partial charge in [0.25, 0.3) is 0 Å². The highest BCUT2D eigenvalue weighted by Gasteiger charge is 2.14. The predicted molar refractivity (Wildman–Crippen MR) is 101 cm³/mol. The molecule has 0 spiro atoms. The summed E-state index contributed by atoms with van der Waals surface area (Å²) in [5, 5.41) is 8.96. The molecular weight excluding hydrogens is 404 g/mol. The molecule has 0 amide bonds. The average molecular weight is 419 g/mol. The summed E-state index contributed by atoms with van der Waals surface area (Å²) in [5.74, 6) is 7.04. The number of carbonyl (C=O) groups is 1. The zero-order valence-electron chi connectivity index (χ0n) is 13.3. The highest BCUT2D eigenvalue weighted by atomic mass is 79.9. The molecule has 1 heterocycles. The monoisotopic (exact) mass is 418 g/mol. The predicted octanol–water partition coefficient (Wildman–Crippen LogP) is 3.50. The summed E-state index contributed by atoms with van der Waals surface area (Å²) in [6.07, 6.45) is 0. The first kappa shape index (κ1) is 17.5. The number of nitrogen functional groups attached to an aromatic ring is 1. The number of ether oxygens (including phenoxy) is 1. The smallest absolute Gasteiger partial charge is 0.337 e. The van der Waals surface area contributed by atoms with E-state index >= 15 is 0 Å². The molecule has 25 heavy (non-hydrogen) atoms. The van der Waals surface area contributed by atoms with Gasteiger partial charge in [0.2, 0.25) is 5.16 Å². The maximum atomic E-state index is 11.4. The molecule has 3 aromatic rings. The summed E-state index contributed by atoms with van der Waals surface area (Å²) >= 11 is 4.97. The van der Waals surface area contributed by atoms with E-state index in [1.165, 1.54) is 23.5 Å². The van der Waals surface area contributed by atoms with Gasteiger partial charge in [0.05, 0.1) is 12.7 Å². The second-order valence-electron chi connectivity index (χ2n) is 5.13. The molecule has 0 saturated carbocycles. The Morgan fingerprint density at radius 1 is 1.20 bits per heavy atom. The maximum absolute atomic E-state index is 11.4. The quantitative estimate of drug-likeness (QED) is 0.387. The normalized spacial score (nSPS) is 10.6. The lowest BCUT2D eigenvalue weighted by molar-refractivity contribution is 0.0600. The van der Waals surface area contributed by atoms with Crippen molar-refractivity contribution in [2.75, 3.05) is 13.0 Å². The van der Waals surface area contributed by atoms with Crippen LogP contribution in [-0.4, -0.2) is 28.0 Å². The highest BCUT2D eigenvalue weighted by molar-refractivity contribution is 9.10. The van der Waals surface area contributed by atoms with E-state index in [4.69, 9.17) is 5.84 Å². The van der Waals surface area contributed by atoms with E-state index in [1.54, 1.807) is 12.1 Å². The van der Waals surface area contributed by atoms with Gasteiger partial charge in [-0.25, -0.2) is 9.47 Å². The molecule has 0 fully saturated rings. The molecule has 0 aliphatic carbocycles. The summed E-state index contributed by atoms with van der Waals surface area (Å²) in [4.78, 5) is 11.4. The van der Waals surface area contributed by atoms with Gasteiger partial charge in [-0.05, 0) is 29.8 Å². The third-order valence-corrected chi connectivity index (χ3v) is 5.23. The Bertz CT molecular complexity index is 896. The molecule has 128 valence electrons. The first-order valence-electron chi connectivity index (χ1n) is 7.35. The minimum atomic E-state index is -0.348. The van der Waals surface area contributed by atoms with E-state index in [1.807, 2.05) is 36.4 Å². The molecule has 0 aliphatic rings. The minimum Gasteiger partial charge on any atom is -0.465 e. The van der Waals surface area contributed by atoms with Gasteiger partial charge in [0.1, 0.15) is 0 Å². The van der Waals surface area contributed by atoms with Crippen molar-refractivity contribution < 1.29 is 9.53 Å². The van der Waals surface area contributed by atoms with Gasteiger partial charge < -0.3 is 10.6 Å². The Balaban J connectivity index is 1.72. The SMILES string of the molecule is COC(=O)c1ccc(CSc2nnc(-c3ccccc3Br)n2N)cc1. The van der Waals surface area contributed by atoms with Gasteiger partial charge in [-0.1, -0.05) is 52.0 Å². The first-order chi connectivity index (χ1) is 12.1. The van der Waals surface area contributed by atoms with Crippen LogP contribution in [0.5, 0.6) is 0 Å². The van der Waals surface area contributed by atoms with Crippen LogP contribution in [0.15, 0.2) is 58.2 Å². The van der Waals surface area contributed by atoms with E-state index in [0.29, 0.717) is 22.3 Å². The number of benzene rings is 2.